The Labute approximate surface area is 140 Å². The number of unbranched alkanes of at least 4 members (excludes halogenated alkanes) is 1. The number of aliphatic hydroxyl groups is 1. The van der Waals surface area contributed by atoms with E-state index in [2.05, 4.69) is 32.1 Å². The monoisotopic (exact) mass is 324 g/mol. The third-order valence-electron chi connectivity index (χ3n) is 4.02. The standard InChI is InChI=1S/C19H32O4/c1-5-6-7-8-9-10-11-15(2)18-19(22-13-12-20)17(21-4)16(3)14-23-18/h7-11,16-20H,5-6,12-14H2,1-4H3/b8-7+,10-9+,15-11+/t16-,17-,18-,19+/m0/s1. The molecule has 0 aromatic carbocycles. The van der Waals surface area contributed by atoms with Crippen molar-refractivity contribution < 1.29 is 19.3 Å². The minimum Gasteiger partial charge on any atom is -0.394 e. The van der Waals surface area contributed by atoms with Gasteiger partial charge in [0.15, 0.2) is 0 Å². The zero-order valence-corrected chi connectivity index (χ0v) is 14.9. The maximum absolute atomic E-state index is 9.05. The summed E-state index contributed by atoms with van der Waals surface area (Å²) in [7, 11) is 1.70. The van der Waals surface area contributed by atoms with E-state index in [1.165, 1.54) is 0 Å². The molecule has 0 aromatic rings. The van der Waals surface area contributed by atoms with Gasteiger partial charge in [-0.25, -0.2) is 0 Å². The van der Waals surface area contributed by atoms with Crippen molar-refractivity contribution in [3.05, 3.63) is 36.0 Å². The fraction of sp³-hybridized carbons (Fsp3) is 0.684. The summed E-state index contributed by atoms with van der Waals surface area (Å²) in [6, 6.07) is 0. The Morgan fingerprint density at radius 2 is 2.04 bits per heavy atom. The van der Waals surface area contributed by atoms with Gasteiger partial charge in [0.2, 0.25) is 0 Å². The summed E-state index contributed by atoms with van der Waals surface area (Å²) in [4.78, 5) is 0. The van der Waals surface area contributed by atoms with Crippen LogP contribution in [-0.4, -0.2) is 50.3 Å². The van der Waals surface area contributed by atoms with Gasteiger partial charge < -0.3 is 19.3 Å². The maximum Gasteiger partial charge on any atom is 0.114 e. The van der Waals surface area contributed by atoms with Crippen molar-refractivity contribution in [1.29, 1.82) is 0 Å². The highest BCUT2D eigenvalue weighted by Gasteiger charge is 2.40. The fourth-order valence-corrected chi connectivity index (χ4v) is 2.78. The largest absolute Gasteiger partial charge is 0.394 e. The van der Waals surface area contributed by atoms with Crippen LogP contribution in [0, 0.1) is 5.92 Å². The number of hydrogen-bond donors (Lipinski definition) is 1. The number of rotatable bonds is 9. The summed E-state index contributed by atoms with van der Waals surface area (Å²) in [5.74, 6) is 0.264. The molecule has 1 aliphatic rings. The molecule has 0 spiro atoms. The zero-order chi connectivity index (χ0) is 17.1. The number of methoxy groups -OCH3 is 1. The van der Waals surface area contributed by atoms with Crippen molar-refractivity contribution in [1.82, 2.24) is 0 Å². The topological polar surface area (TPSA) is 47.9 Å². The van der Waals surface area contributed by atoms with E-state index in [4.69, 9.17) is 19.3 Å². The van der Waals surface area contributed by atoms with Crippen LogP contribution in [0.1, 0.15) is 33.6 Å². The molecule has 1 saturated heterocycles. The lowest BCUT2D eigenvalue weighted by molar-refractivity contribution is -0.182. The molecule has 0 aliphatic carbocycles. The molecule has 1 rings (SSSR count). The lowest BCUT2D eigenvalue weighted by Crippen LogP contribution is -2.52. The SMILES string of the molecule is CCC/C=C/C=C/C=C(\C)[C@@H]1OC[C@H](C)[C@H](OC)[C@H]1OCCO. The molecule has 1 aliphatic heterocycles. The number of hydrogen-bond acceptors (Lipinski definition) is 4. The second-order valence-corrected chi connectivity index (χ2v) is 6.00. The van der Waals surface area contributed by atoms with E-state index in [1.54, 1.807) is 7.11 Å². The van der Waals surface area contributed by atoms with Gasteiger partial charge in [0.1, 0.15) is 12.2 Å². The Morgan fingerprint density at radius 3 is 2.70 bits per heavy atom. The number of allylic oxidation sites excluding steroid dienone is 5. The van der Waals surface area contributed by atoms with Crippen LogP contribution in [0.5, 0.6) is 0 Å². The van der Waals surface area contributed by atoms with Gasteiger partial charge in [-0.15, -0.1) is 0 Å². The average molecular weight is 324 g/mol. The molecular weight excluding hydrogens is 292 g/mol. The van der Waals surface area contributed by atoms with Crippen molar-refractivity contribution in [2.45, 2.75) is 51.9 Å². The molecule has 1 heterocycles. The van der Waals surface area contributed by atoms with Crippen molar-refractivity contribution in [3.63, 3.8) is 0 Å². The van der Waals surface area contributed by atoms with Crippen LogP contribution >= 0.6 is 0 Å². The van der Waals surface area contributed by atoms with Crippen LogP contribution < -0.4 is 0 Å². The minimum atomic E-state index is -0.198. The molecule has 1 N–H and O–H groups in total. The maximum atomic E-state index is 9.05. The molecule has 0 radical (unpaired) electrons. The summed E-state index contributed by atoms with van der Waals surface area (Å²) in [5, 5.41) is 9.05. The van der Waals surface area contributed by atoms with Crippen molar-refractivity contribution >= 4 is 0 Å². The van der Waals surface area contributed by atoms with Crippen LogP contribution in [0.15, 0.2) is 36.0 Å². The number of ether oxygens (including phenoxy) is 3. The van der Waals surface area contributed by atoms with Gasteiger partial charge in [0, 0.05) is 13.0 Å². The van der Waals surface area contributed by atoms with Crippen LogP contribution in [0.25, 0.3) is 0 Å². The molecular formula is C19H32O4. The second-order valence-electron chi connectivity index (χ2n) is 6.00. The Balaban J connectivity index is 2.75. The molecule has 1 fully saturated rings. The van der Waals surface area contributed by atoms with Gasteiger partial charge in [-0.2, -0.15) is 0 Å². The zero-order valence-electron chi connectivity index (χ0n) is 14.9. The fourth-order valence-electron chi connectivity index (χ4n) is 2.78. The predicted octanol–water partition coefficient (Wildman–Crippen LogP) is 3.27. The van der Waals surface area contributed by atoms with Gasteiger partial charge in [-0.1, -0.05) is 50.6 Å². The molecule has 4 atom stereocenters. The quantitative estimate of drug-likeness (QED) is 0.661. The summed E-state index contributed by atoms with van der Waals surface area (Å²) < 4.78 is 17.4. The molecule has 23 heavy (non-hydrogen) atoms. The Bertz CT molecular complexity index is 400. The van der Waals surface area contributed by atoms with E-state index >= 15 is 0 Å². The van der Waals surface area contributed by atoms with Crippen LogP contribution in [0.3, 0.4) is 0 Å². The molecule has 0 aromatic heterocycles. The van der Waals surface area contributed by atoms with Gasteiger partial charge >= 0.3 is 0 Å². The van der Waals surface area contributed by atoms with E-state index in [0.717, 1.165) is 18.4 Å². The molecule has 0 saturated carbocycles. The van der Waals surface area contributed by atoms with Gasteiger partial charge in [-0.05, 0) is 18.9 Å². The lowest BCUT2D eigenvalue weighted by atomic mass is 9.90. The summed E-state index contributed by atoms with van der Waals surface area (Å²) >= 11 is 0. The van der Waals surface area contributed by atoms with Crippen molar-refractivity contribution in [2.24, 2.45) is 5.92 Å². The minimum absolute atomic E-state index is 0.00107. The van der Waals surface area contributed by atoms with Crippen LogP contribution in [0.4, 0.5) is 0 Å². The summed E-state index contributed by atoms with van der Waals surface area (Å²) in [5.41, 5.74) is 1.10. The average Bonchev–Trinajstić information content (AvgIpc) is 2.55. The Hall–Kier alpha value is -0.940. The molecule has 4 nitrogen and oxygen atoms in total. The second kappa shape index (κ2) is 11.6. The highest BCUT2D eigenvalue weighted by Crippen LogP contribution is 2.28. The van der Waals surface area contributed by atoms with E-state index in [-0.39, 0.29) is 30.8 Å². The summed E-state index contributed by atoms with van der Waals surface area (Å²) in [6.45, 7) is 7.24. The van der Waals surface area contributed by atoms with Crippen LogP contribution in [0.2, 0.25) is 0 Å². The van der Waals surface area contributed by atoms with Gasteiger partial charge in [0.05, 0.1) is 25.9 Å². The highest BCUT2D eigenvalue weighted by atomic mass is 16.6. The van der Waals surface area contributed by atoms with E-state index in [0.29, 0.717) is 13.2 Å². The molecule has 0 unspecified atom stereocenters. The third kappa shape index (κ3) is 6.60. The first-order valence-electron chi connectivity index (χ1n) is 8.52. The first-order valence-corrected chi connectivity index (χ1v) is 8.52. The van der Waals surface area contributed by atoms with E-state index in [1.807, 2.05) is 19.1 Å². The molecule has 0 bridgehead atoms. The Morgan fingerprint density at radius 1 is 1.26 bits per heavy atom. The smallest absolute Gasteiger partial charge is 0.114 e. The van der Waals surface area contributed by atoms with Gasteiger partial charge in [0.25, 0.3) is 0 Å². The molecule has 4 heteroatoms. The first kappa shape index (κ1) is 20.1. The van der Waals surface area contributed by atoms with Crippen molar-refractivity contribution in [3.8, 4) is 0 Å². The van der Waals surface area contributed by atoms with Gasteiger partial charge in [-0.3, -0.25) is 0 Å². The summed E-state index contributed by atoms with van der Waals surface area (Å²) in [6.07, 6.45) is 12.2. The van der Waals surface area contributed by atoms with E-state index < -0.39 is 0 Å². The normalized spacial score (nSPS) is 29.7. The Kier molecular flexibility index (Phi) is 10.1. The predicted molar refractivity (Wildman–Crippen MR) is 93.5 cm³/mol. The molecule has 132 valence electrons. The first-order chi connectivity index (χ1) is 11.2. The lowest BCUT2D eigenvalue weighted by Gasteiger charge is -2.41. The molecule has 0 amide bonds. The van der Waals surface area contributed by atoms with E-state index in [9.17, 15) is 0 Å². The van der Waals surface area contributed by atoms with Crippen LogP contribution in [-0.2, 0) is 14.2 Å². The highest BCUT2D eigenvalue weighted by molar-refractivity contribution is 5.20. The number of aliphatic hydroxyl groups excluding tert-OH is 1. The third-order valence-corrected chi connectivity index (χ3v) is 4.02. The van der Waals surface area contributed by atoms with Crippen molar-refractivity contribution in [2.75, 3.05) is 26.9 Å².